The lowest BCUT2D eigenvalue weighted by Crippen LogP contribution is -2.46. The van der Waals surface area contributed by atoms with Gasteiger partial charge in [0.05, 0.1) is 18.2 Å². The average Bonchev–Trinajstić information content (AvgIpc) is 3.26. The van der Waals surface area contributed by atoms with Gasteiger partial charge < -0.3 is 14.2 Å². The minimum Gasteiger partial charge on any atom is -0.461 e. The molecule has 1 atom stereocenters. The molecule has 1 aromatic heterocycles. The summed E-state index contributed by atoms with van der Waals surface area (Å²) in [6, 6.07) is 17.8. The number of carbonyl (C=O) groups excluding carboxylic acids is 2. The van der Waals surface area contributed by atoms with Gasteiger partial charge in [0, 0.05) is 31.2 Å². The van der Waals surface area contributed by atoms with Gasteiger partial charge in [0.2, 0.25) is 17.8 Å². The quantitative estimate of drug-likeness (QED) is 0.215. The Kier molecular flexibility index (Phi) is 8.55. The molecule has 2 aromatic carbocycles. The standard InChI is InChI=1S/C31H34N6O3/c1-22-17-26-18-27(10-11-28(26)40-22)35-31(34-21-32)33-19-25-9-5-6-14-37(30(25)39)20-29(38)36-15-12-24(13-16-36)23-7-3-2-4-8-23/h2-4,7-8,10-11,17-19,24-25H,5-6,9,12-16,20H2,1H3,(H,34,35)/b33-19-. The molecule has 1 N–H and O–H groups in total. The third-order valence-corrected chi connectivity index (χ3v) is 7.67. The predicted molar refractivity (Wildman–Crippen MR) is 154 cm³/mol. The Morgan fingerprint density at radius 1 is 1.10 bits per heavy atom. The molecule has 206 valence electrons. The van der Waals surface area contributed by atoms with E-state index in [1.165, 1.54) is 5.56 Å². The fourth-order valence-electron chi connectivity index (χ4n) is 5.54. The van der Waals surface area contributed by atoms with Crippen molar-refractivity contribution in [3.05, 3.63) is 65.9 Å². The lowest BCUT2D eigenvalue weighted by Gasteiger charge is -2.34. The molecule has 0 aliphatic carbocycles. The molecule has 3 heterocycles. The summed E-state index contributed by atoms with van der Waals surface area (Å²) in [6.07, 6.45) is 7.60. The summed E-state index contributed by atoms with van der Waals surface area (Å²) in [7, 11) is 0. The normalized spacial score (nSPS) is 19.1. The number of nitrogens with one attached hydrogen (secondary N) is 1. The second-order valence-electron chi connectivity index (χ2n) is 10.5. The van der Waals surface area contributed by atoms with Crippen molar-refractivity contribution in [2.24, 2.45) is 15.9 Å². The van der Waals surface area contributed by atoms with Crippen molar-refractivity contribution in [1.29, 1.82) is 5.26 Å². The van der Waals surface area contributed by atoms with Crippen LogP contribution in [0.1, 0.15) is 49.3 Å². The molecule has 2 fully saturated rings. The molecule has 0 saturated carbocycles. The molecule has 3 aromatic rings. The third kappa shape index (κ3) is 6.57. The van der Waals surface area contributed by atoms with Gasteiger partial charge in [-0.05, 0) is 68.4 Å². The maximum Gasteiger partial charge on any atom is 0.242 e. The highest BCUT2D eigenvalue weighted by Crippen LogP contribution is 2.28. The van der Waals surface area contributed by atoms with Gasteiger partial charge in [-0.25, -0.2) is 9.98 Å². The van der Waals surface area contributed by atoms with E-state index >= 15 is 0 Å². The molecule has 1 unspecified atom stereocenters. The second-order valence-corrected chi connectivity index (χ2v) is 10.5. The highest BCUT2D eigenvalue weighted by Gasteiger charge is 2.30. The minimum atomic E-state index is -0.483. The molecule has 2 aliphatic heterocycles. The lowest BCUT2D eigenvalue weighted by atomic mass is 9.89. The Balaban J connectivity index is 1.22. The SMILES string of the molecule is Cc1cc2cc(N=C(/N=C\C3CCCCN(CC(=O)N4CCC(c5ccccc5)CC4)C3=O)NC#N)ccc2o1. The first-order valence-electron chi connectivity index (χ1n) is 13.9. The predicted octanol–water partition coefficient (Wildman–Crippen LogP) is 4.91. The number of nitriles is 1. The van der Waals surface area contributed by atoms with Crippen LogP contribution in [0.5, 0.6) is 0 Å². The van der Waals surface area contributed by atoms with Gasteiger partial charge in [0.15, 0.2) is 6.19 Å². The monoisotopic (exact) mass is 538 g/mol. The number of nitrogens with zero attached hydrogens (tertiary/aromatic N) is 5. The first-order valence-corrected chi connectivity index (χ1v) is 13.9. The van der Waals surface area contributed by atoms with Crippen molar-refractivity contribution in [3.63, 3.8) is 0 Å². The smallest absolute Gasteiger partial charge is 0.242 e. The molecule has 2 aliphatic rings. The van der Waals surface area contributed by atoms with Crippen LogP contribution in [0.4, 0.5) is 5.69 Å². The van der Waals surface area contributed by atoms with Gasteiger partial charge in [0.25, 0.3) is 0 Å². The van der Waals surface area contributed by atoms with Crippen LogP contribution >= 0.6 is 0 Å². The van der Waals surface area contributed by atoms with Crippen LogP contribution < -0.4 is 5.32 Å². The Morgan fingerprint density at radius 2 is 1.90 bits per heavy atom. The zero-order chi connectivity index (χ0) is 27.9. The van der Waals surface area contributed by atoms with Gasteiger partial charge >= 0.3 is 0 Å². The first kappa shape index (κ1) is 27.1. The van der Waals surface area contributed by atoms with Gasteiger partial charge in [-0.1, -0.05) is 36.8 Å². The van der Waals surface area contributed by atoms with Crippen molar-refractivity contribution in [2.75, 3.05) is 26.2 Å². The molecular weight excluding hydrogens is 504 g/mol. The molecule has 2 saturated heterocycles. The van der Waals surface area contributed by atoms with Crippen molar-refractivity contribution in [1.82, 2.24) is 15.1 Å². The van der Waals surface area contributed by atoms with E-state index in [0.717, 1.165) is 42.4 Å². The minimum absolute atomic E-state index is 0.00396. The van der Waals surface area contributed by atoms with Gasteiger partial charge in [-0.2, -0.15) is 5.26 Å². The van der Waals surface area contributed by atoms with Crippen LogP contribution in [-0.4, -0.2) is 60.0 Å². The Hall–Kier alpha value is -4.45. The molecule has 5 rings (SSSR count). The number of amides is 2. The number of hydrogen-bond acceptors (Lipinski definition) is 5. The van der Waals surface area contributed by atoms with E-state index in [0.29, 0.717) is 37.7 Å². The van der Waals surface area contributed by atoms with Crippen LogP contribution in [0.25, 0.3) is 11.0 Å². The third-order valence-electron chi connectivity index (χ3n) is 7.67. The number of rotatable bonds is 5. The van der Waals surface area contributed by atoms with Crippen molar-refractivity contribution < 1.29 is 14.0 Å². The van der Waals surface area contributed by atoms with Crippen molar-refractivity contribution >= 4 is 40.6 Å². The fraction of sp³-hybridized carbons (Fsp3) is 0.387. The number of carbonyl (C=O) groups is 2. The van der Waals surface area contributed by atoms with Crippen LogP contribution in [0, 0.1) is 24.3 Å². The summed E-state index contributed by atoms with van der Waals surface area (Å²) in [4.78, 5) is 38.9. The molecule has 0 radical (unpaired) electrons. The maximum absolute atomic E-state index is 13.4. The van der Waals surface area contributed by atoms with E-state index in [4.69, 9.17) is 4.42 Å². The van der Waals surface area contributed by atoms with E-state index in [9.17, 15) is 14.9 Å². The van der Waals surface area contributed by atoms with Crippen LogP contribution in [0.15, 0.2) is 69.0 Å². The second kappa shape index (κ2) is 12.6. The maximum atomic E-state index is 13.4. The highest BCUT2D eigenvalue weighted by atomic mass is 16.3. The molecule has 40 heavy (non-hydrogen) atoms. The number of benzene rings is 2. The summed E-state index contributed by atoms with van der Waals surface area (Å²) < 4.78 is 5.61. The van der Waals surface area contributed by atoms with E-state index in [2.05, 4.69) is 39.6 Å². The number of aliphatic imine (C=N–C) groups is 2. The van der Waals surface area contributed by atoms with E-state index < -0.39 is 5.92 Å². The van der Waals surface area contributed by atoms with Crippen molar-refractivity contribution in [2.45, 2.75) is 44.9 Å². The zero-order valence-corrected chi connectivity index (χ0v) is 22.8. The number of likely N-dealkylation sites (tertiary alicyclic amines) is 2. The van der Waals surface area contributed by atoms with Gasteiger partial charge in [0.1, 0.15) is 11.3 Å². The van der Waals surface area contributed by atoms with Crippen molar-refractivity contribution in [3.8, 4) is 6.19 Å². The zero-order valence-electron chi connectivity index (χ0n) is 22.8. The van der Waals surface area contributed by atoms with E-state index in [-0.39, 0.29) is 24.3 Å². The number of hydrogen-bond donors (Lipinski definition) is 1. The molecular formula is C31H34N6O3. The summed E-state index contributed by atoms with van der Waals surface area (Å²) >= 11 is 0. The molecule has 0 spiro atoms. The highest BCUT2D eigenvalue weighted by molar-refractivity contribution is 6.00. The van der Waals surface area contributed by atoms with Gasteiger partial charge in [-0.15, -0.1) is 0 Å². The number of piperidine rings is 1. The average molecular weight is 539 g/mol. The first-order chi connectivity index (χ1) is 19.5. The number of fused-ring (bicyclic) bond motifs is 1. The molecule has 9 heteroatoms. The Bertz CT molecular complexity index is 1450. The fourth-order valence-corrected chi connectivity index (χ4v) is 5.54. The Morgan fingerprint density at radius 3 is 2.67 bits per heavy atom. The number of aryl methyl sites for hydroxylation is 1. The number of furan rings is 1. The van der Waals surface area contributed by atoms with E-state index in [1.807, 2.05) is 42.3 Å². The number of guanidine groups is 1. The van der Waals surface area contributed by atoms with Gasteiger partial charge in [-0.3, -0.25) is 14.9 Å². The lowest BCUT2D eigenvalue weighted by molar-refractivity contribution is -0.141. The molecule has 9 nitrogen and oxygen atoms in total. The van der Waals surface area contributed by atoms with E-state index in [1.54, 1.807) is 17.2 Å². The summed E-state index contributed by atoms with van der Waals surface area (Å²) in [5.74, 6) is 0.772. The largest absolute Gasteiger partial charge is 0.461 e. The summed E-state index contributed by atoms with van der Waals surface area (Å²) in [5, 5.41) is 12.6. The molecule has 2 amide bonds. The Labute approximate surface area is 234 Å². The van der Waals surface area contributed by atoms with Crippen LogP contribution in [-0.2, 0) is 9.59 Å². The topological polar surface area (TPSA) is 114 Å². The summed E-state index contributed by atoms with van der Waals surface area (Å²) in [5.41, 5.74) is 2.69. The van der Waals surface area contributed by atoms with Crippen LogP contribution in [0.2, 0.25) is 0 Å². The van der Waals surface area contributed by atoms with Crippen LogP contribution in [0.3, 0.4) is 0 Å². The molecule has 0 bridgehead atoms. The summed E-state index contributed by atoms with van der Waals surface area (Å²) in [6.45, 7) is 3.92.